The summed E-state index contributed by atoms with van der Waals surface area (Å²) in [4.78, 5) is 12.8. The van der Waals surface area contributed by atoms with Gasteiger partial charge in [-0.25, -0.2) is 9.13 Å². The zero-order valence-electron chi connectivity index (χ0n) is 26.7. The molecule has 2 aromatic rings. The predicted molar refractivity (Wildman–Crippen MR) is 166 cm³/mol. The first-order valence-electron chi connectivity index (χ1n) is 17.4. The Morgan fingerprint density at radius 1 is 1.05 bits per heavy atom. The third-order valence-corrected chi connectivity index (χ3v) is 13.9. The van der Waals surface area contributed by atoms with Crippen molar-refractivity contribution in [2.24, 2.45) is 46.3 Å². The first kappa shape index (κ1) is 28.2. The van der Waals surface area contributed by atoms with Crippen molar-refractivity contribution in [2.45, 2.75) is 110 Å². The molecule has 2 aliphatic heterocycles. The standard InChI is InChI=1S/C38H51N2O3/c1-25-12-17-38(42-23-25)26(2)35-34(43-38)21-32-30-11-10-28-20-29(13-15-36(28,3)31(30)14-16-37(32,35)4)40-19-18-39(24-40)22-33(41)27-8-6-5-7-9-27/h5-10,18-19,24-26,29-32,34-35H,11-17,20-23H2,1-4H3/q+1/t25-,26+,29-,30-,31+,32+,34+,35+,36+,37+,38-/m1/s1. The van der Waals surface area contributed by atoms with Crippen LogP contribution in [0.25, 0.3) is 0 Å². The maximum atomic E-state index is 12.8. The number of carbonyl (C=O) groups is 1. The lowest BCUT2D eigenvalue weighted by Gasteiger charge is -2.58. The molecule has 1 aromatic carbocycles. The van der Waals surface area contributed by atoms with Gasteiger partial charge < -0.3 is 9.47 Å². The summed E-state index contributed by atoms with van der Waals surface area (Å²) >= 11 is 0. The molecule has 5 heteroatoms. The van der Waals surface area contributed by atoms with Crippen LogP contribution in [0.2, 0.25) is 0 Å². The van der Waals surface area contributed by atoms with E-state index < -0.39 is 0 Å². The number of rotatable bonds is 4. The van der Waals surface area contributed by atoms with E-state index in [1.165, 1.54) is 44.9 Å². The summed E-state index contributed by atoms with van der Waals surface area (Å²) in [5.74, 6) is 3.97. The topological polar surface area (TPSA) is 44.3 Å². The van der Waals surface area contributed by atoms with E-state index in [1.54, 1.807) is 5.57 Å². The van der Waals surface area contributed by atoms with Gasteiger partial charge in [-0.05, 0) is 85.4 Å². The molecule has 0 unspecified atom stereocenters. The second-order valence-electron chi connectivity index (χ2n) is 16.0. The minimum Gasteiger partial charge on any atom is -0.349 e. The first-order chi connectivity index (χ1) is 20.7. The largest absolute Gasteiger partial charge is 0.349 e. The highest BCUT2D eigenvalue weighted by atomic mass is 16.7. The Morgan fingerprint density at radius 3 is 2.67 bits per heavy atom. The van der Waals surface area contributed by atoms with Gasteiger partial charge >= 0.3 is 0 Å². The van der Waals surface area contributed by atoms with Crippen molar-refractivity contribution >= 4 is 5.78 Å². The fourth-order valence-corrected chi connectivity index (χ4v) is 11.5. The molecule has 43 heavy (non-hydrogen) atoms. The number of hydrogen-bond donors (Lipinski definition) is 0. The molecule has 5 nitrogen and oxygen atoms in total. The van der Waals surface area contributed by atoms with Crippen LogP contribution in [0.5, 0.6) is 0 Å². The molecule has 8 rings (SSSR count). The third kappa shape index (κ3) is 4.30. The maximum Gasteiger partial charge on any atom is 0.244 e. The van der Waals surface area contributed by atoms with Gasteiger partial charge in [-0.15, -0.1) is 0 Å². The highest BCUT2D eigenvalue weighted by Crippen LogP contribution is 2.70. The number of allylic oxidation sites excluding steroid dienone is 2. The highest BCUT2D eigenvalue weighted by molar-refractivity contribution is 5.94. The van der Waals surface area contributed by atoms with E-state index in [1.807, 2.05) is 30.3 Å². The van der Waals surface area contributed by atoms with Crippen LogP contribution in [-0.2, 0) is 16.0 Å². The smallest absolute Gasteiger partial charge is 0.244 e. The summed E-state index contributed by atoms with van der Waals surface area (Å²) in [7, 11) is 0. The van der Waals surface area contributed by atoms with E-state index in [2.05, 4.69) is 61.6 Å². The van der Waals surface area contributed by atoms with Crippen LogP contribution in [0.1, 0.15) is 102 Å². The number of benzene rings is 1. The van der Waals surface area contributed by atoms with E-state index in [4.69, 9.17) is 9.47 Å². The van der Waals surface area contributed by atoms with Gasteiger partial charge in [0.1, 0.15) is 18.4 Å². The maximum absolute atomic E-state index is 12.8. The number of imidazole rings is 1. The van der Waals surface area contributed by atoms with Crippen LogP contribution in [-0.4, -0.2) is 28.8 Å². The Balaban J connectivity index is 0.971. The van der Waals surface area contributed by atoms with E-state index in [-0.39, 0.29) is 11.6 Å². The molecular formula is C38H51N2O3+. The number of hydrogen-bond acceptors (Lipinski definition) is 3. The Hall–Kier alpha value is -2.24. The Bertz CT molecular complexity index is 1410. The minimum absolute atomic E-state index is 0.164. The molecule has 0 radical (unpaired) electrons. The van der Waals surface area contributed by atoms with Crippen molar-refractivity contribution in [3.8, 4) is 0 Å². The molecule has 0 amide bonds. The molecule has 3 saturated carbocycles. The predicted octanol–water partition coefficient (Wildman–Crippen LogP) is 7.57. The molecule has 3 heterocycles. The average molecular weight is 584 g/mol. The van der Waals surface area contributed by atoms with Gasteiger partial charge in [0.25, 0.3) is 0 Å². The lowest BCUT2D eigenvalue weighted by atomic mass is 9.46. The molecule has 5 fully saturated rings. The normalized spacial score (nSPS) is 45.2. The van der Waals surface area contributed by atoms with E-state index in [0.717, 1.165) is 42.8 Å². The lowest BCUT2D eigenvalue weighted by molar-refractivity contribution is -0.682. The van der Waals surface area contributed by atoms with Crippen molar-refractivity contribution in [3.63, 3.8) is 0 Å². The van der Waals surface area contributed by atoms with Crippen LogP contribution >= 0.6 is 0 Å². The van der Waals surface area contributed by atoms with Crippen LogP contribution in [0.15, 0.2) is 60.7 Å². The summed E-state index contributed by atoms with van der Waals surface area (Å²) < 4.78 is 18.0. The molecule has 2 saturated heterocycles. The van der Waals surface area contributed by atoms with Gasteiger partial charge in [-0.2, -0.15) is 0 Å². The second-order valence-corrected chi connectivity index (χ2v) is 16.0. The second kappa shape index (κ2) is 10.1. The van der Waals surface area contributed by atoms with Crippen LogP contribution < -0.4 is 4.57 Å². The first-order valence-corrected chi connectivity index (χ1v) is 17.4. The zero-order valence-corrected chi connectivity index (χ0v) is 26.7. The average Bonchev–Trinajstić information content (AvgIpc) is 3.67. The molecule has 4 aliphatic carbocycles. The summed E-state index contributed by atoms with van der Waals surface area (Å²) in [6, 6.07) is 10.1. The van der Waals surface area contributed by atoms with Crippen LogP contribution in [0.3, 0.4) is 0 Å². The molecule has 230 valence electrons. The number of ketones is 1. The zero-order chi connectivity index (χ0) is 29.6. The van der Waals surface area contributed by atoms with E-state index in [9.17, 15) is 4.79 Å². The number of nitrogens with zero attached hydrogens (tertiary/aromatic N) is 2. The molecular weight excluding hydrogens is 532 g/mol. The van der Waals surface area contributed by atoms with Crippen molar-refractivity contribution in [1.29, 1.82) is 0 Å². The van der Waals surface area contributed by atoms with Crippen molar-refractivity contribution in [1.82, 2.24) is 4.57 Å². The fourth-order valence-electron chi connectivity index (χ4n) is 11.5. The number of ether oxygens (including phenoxy) is 2. The molecule has 0 N–H and O–H groups in total. The quantitative estimate of drug-likeness (QED) is 0.212. The summed E-state index contributed by atoms with van der Waals surface area (Å²) in [5, 5.41) is 0. The molecule has 0 bridgehead atoms. The van der Waals surface area contributed by atoms with Gasteiger partial charge in [-0.3, -0.25) is 4.79 Å². The Labute approximate surface area is 258 Å². The summed E-state index contributed by atoms with van der Waals surface area (Å²) in [6.07, 6.45) is 20.6. The number of Topliss-reactive ketones (excluding diaryl/α,β-unsaturated/α-hetero) is 1. The van der Waals surface area contributed by atoms with Gasteiger partial charge in [0, 0.05) is 24.3 Å². The third-order valence-electron chi connectivity index (χ3n) is 13.9. The van der Waals surface area contributed by atoms with Crippen molar-refractivity contribution in [3.05, 3.63) is 66.3 Å². The molecule has 11 atom stereocenters. The SMILES string of the molecule is C[C@@H]1CC[C@@]2(OC1)O[C@H]1C[C@H]3[C@@H]4CC=C5C[C@H](n6cc[n+](CC(=O)c7ccccc7)c6)CC[C@]5(C)[C@H]4CC[C@]3(C)[C@H]1[C@@H]2C. The number of carbonyl (C=O) groups excluding carboxylic acids is 1. The van der Waals surface area contributed by atoms with Gasteiger partial charge in [-0.1, -0.05) is 69.7 Å². The Morgan fingerprint density at radius 2 is 1.88 bits per heavy atom. The number of fused-ring (bicyclic) bond motifs is 7. The van der Waals surface area contributed by atoms with E-state index >= 15 is 0 Å². The van der Waals surface area contributed by atoms with Crippen molar-refractivity contribution in [2.75, 3.05) is 6.61 Å². The highest BCUT2D eigenvalue weighted by Gasteiger charge is 2.68. The van der Waals surface area contributed by atoms with Crippen LogP contribution in [0.4, 0.5) is 0 Å². The van der Waals surface area contributed by atoms with Gasteiger partial charge in [0.05, 0.1) is 12.7 Å². The molecule has 6 aliphatic rings. The number of aromatic nitrogens is 2. The summed E-state index contributed by atoms with van der Waals surface area (Å²) in [5.41, 5.74) is 3.18. The van der Waals surface area contributed by atoms with Crippen molar-refractivity contribution < 1.29 is 18.8 Å². The monoisotopic (exact) mass is 583 g/mol. The Kier molecular flexibility index (Phi) is 6.66. The summed E-state index contributed by atoms with van der Waals surface area (Å²) in [6.45, 7) is 11.3. The van der Waals surface area contributed by atoms with Gasteiger partial charge in [0.15, 0.2) is 12.3 Å². The molecule has 1 aromatic heterocycles. The minimum atomic E-state index is -0.317. The lowest BCUT2D eigenvalue weighted by Crippen LogP contribution is -2.52. The fraction of sp³-hybridized carbons (Fsp3) is 0.684. The van der Waals surface area contributed by atoms with E-state index in [0.29, 0.717) is 47.3 Å². The molecule has 1 spiro atoms. The van der Waals surface area contributed by atoms with Crippen LogP contribution in [0, 0.1) is 46.3 Å². The van der Waals surface area contributed by atoms with Gasteiger partial charge in [0.2, 0.25) is 12.1 Å².